The van der Waals surface area contributed by atoms with Crippen molar-refractivity contribution < 1.29 is 31.5 Å². The monoisotopic (exact) mass is 631 g/mol. The van der Waals surface area contributed by atoms with Crippen LogP contribution in [0.15, 0.2) is 36.4 Å². The minimum atomic E-state index is -5.11. The molecule has 0 radical (unpaired) electrons. The number of anilines is 4. The molecule has 0 unspecified atom stereocenters. The van der Waals surface area contributed by atoms with Gasteiger partial charge in [0.05, 0.1) is 12.2 Å². The summed E-state index contributed by atoms with van der Waals surface area (Å²) in [7, 11) is 0. The summed E-state index contributed by atoms with van der Waals surface area (Å²) in [6.07, 6.45) is -2.06. The highest BCUT2D eigenvalue weighted by Crippen LogP contribution is 2.40. The second kappa shape index (κ2) is 13.0. The third kappa shape index (κ3) is 6.70. The van der Waals surface area contributed by atoms with Crippen LogP contribution < -0.4 is 20.4 Å². The minimum absolute atomic E-state index is 0.0164. The lowest BCUT2D eigenvalue weighted by Gasteiger charge is -2.31. The Morgan fingerprint density at radius 2 is 1.78 bits per heavy atom. The molecule has 2 aliphatic rings. The quantitative estimate of drug-likeness (QED) is 0.213. The van der Waals surface area contributed by atoms with Gasteiger partial charge >= 0.3 is 18.1 Å². The van der Waals surface area contributed by atoms with Gasteiger partial charge in [0, 0.05) is 29.4 Å². The molecule has 5 rings (SSSR count). The Morgan fingerprint density at radius 3 is 2.42 bits per heavy atom. The molecule has 3 aromatic rings. The first-order valence-electron chi connectivity index (χ1n) is 14.8. The number of rotatable bonds is 9. The van der Waals surface area contributed by atoms with Crippen LogP contribution in [0.4, 0.5) is 49.9 Å². The third-order valence-corrected chi connectivity index (χ3v) is 7.84. The number of nitrogens with one attached hydrogen (secondary N) is 2. The molecule has 1 saturated heterocycles. The van der Waals surface area contributed by atoms with Crippen molar-refractivity contribution in [3.8, 4) is 11.3 Å². The number of hydrogen-bond donors (Lipinski definition) is 2. The van der Waals surface area contributed by atoms with Gasteiger partial charge in [0.1, 0.15) is 17.3 Å². The Morgan fingerprint density at radius 1 is 1.09 bits per heavy atom. The molecule has 3 heterocycles. The van der Waals surface area contributed by atoms with Crippen LogP contribution in [-0.2, 0) is 11.3 Å². The van der Waals surface area contributed by atoms with E-state index in [0.717, 1.165) is 55.9 Å². The SMILES string of the molecule is Cc1ccc(N(C(=O)C(F)(F)F)C(C)C)cc1-c1nc(NCCCN2CCCC2)nc2c1CNC(=O)N2c1c(F)cccc1F. The van der Waals surface area contributed by atoms with Crippen LogP contribution in [0.1, 0.15) is 44.2 Å². The van der Waals surface area contributed by atoms with Crippen LogP contribution >= 0.6 is 0 Å². The first-order valence-corrected chi connectivity index (χ1v) is 14.8. The Kier molecular flexibility index (Phi) is 9.23. The number of carbonyl (C=O) groups excluding carboxylic acids is 2. The van der Waals surface area contributed by atoms with Crippen LogP contribution in [0.25, 0.3) is 11.3 Å². The number of hydrogen-bond acceptors (Lipinski definition) is 6. The van der Waals surface area contributed by atoms with Gasteiger partial charge in [-0.2, -0.15) is 18.2 Å². The van der Waals surface area contributed by atoms with Gasteiger partial charge in [-0.1, -0.05) is 12.1 Å². The van der Waals surface area contributed by atoms with Crippen molar-refractivity contribution in [1.82, 2.24) is 20.2 Å². The highest BCUT2D eigenvalue weighted by Gasteiger charge is 2.44. The predicted molar refractivity (Wildman–Crippen MR) is 160 cm³/mol. The van der Waals surface area contributed by atoms with E-state index in [1.807, 2.05) is 0 Å². The van der Waals surface area contributed by atoms with Crippen LogP contribution in [0.3, 0.4) is 0 Å². The van der Waals surface area contributed by atoms with Gasteiger partial charge in [-0.3, -0.25) is 4.79 Å². The maximum atomic E-state index is 15.0. The fraction of sp³-hybridized carbons (Fsp3) is 0.419. The van der Waals surface area contributed by atoms with Gasteiger partial charge in [0.25, 0.3) is 0 Å². The number of carbonyl (C=O) groups is 2. The third-order valence-electron chi connectivity index (χ3n) is 7.84. The average Bonchev–Trinajstić information content (AvgIpc) is 3.50. The molecule has 2 N–H and O–H groups in total. The Hall–Kier alpha value is -4.33. The molecule has 14 heteroatoms. The van der Waals surface area contributed by atoms with E-state index >= 15 is 8.78 Å². The zero-order valence-electron chi connectivity index (χ0n) is 25.1. The number of urea groups is 1. The lowest BCUT2D eigenvalue weighted by molar-refractivity contribution is -0.170. The van der Waals surface area contributed by atoms with E-state index in [2.05, 4.69) is 20.5 Å². The molecule has 45 heavy (non-hydrogen) atoms. The van der Waals surface area contributed by atoms with Crippen molar-refractivity contribution in [2.45, 2.75) is 58.8 Å². The summed E-state index contributed by atoms with van der Waals surface area (Å²) in [5, 5.41) is 5.75. The Labute approximate surface area is 257 Å². The molecular formula is C31H34F5N7O2. The van der Waals surface area contributed by atoms with Crippen LogP contribution in [0.2, 0.25) is 0 Å². The lowest BCUT2D eigenvalue weighted by Crippen LogP contribution is -2.45. The number of halogens is 5. The van der Waals surface area contributed by atoms with Gasteiger partial charge in [-0.25, -0.2) is 23.5 Å². The number of amides is 3. The van der Waals surface area contributed by atoms with E-state index in [9.17, 15) is 22.8 Å². The number of para-hydroxylation sites is 1. The largest absolute Gasteiger partial charge is 0.471 e. The fourth-order valence-electron chi connectivity index (χ4n) is 5.68. The smallest absolute Gasteiger partial charge is 0.354 e. The normalized spacial score (nSPS) is 15.3. The van der Waals surface area contributed by atoms with Gasteiger partial charge < -0.3 is 20.4 Å². The maximum Gasteiger partial charge on any atom is 0.471 e. The van der Waals surface area contributed by atoms with E-state index in [4.69, 9.17) is 4.98 Å². The van der Waals surface area contributed by atoms with E-state index in [1.54, 1.807) is 13.0 Å². The van der Waals surface area contributed by atoms with E-state index in [0.29, 0.717) is 28.1 Å². The van der Waals surface area contributed by atoms with Crippen molar-refractivity contribution >= 4 is 35.1 Å². The molecule has 0 aliphatic carbocycles. The van der Waals surface area contributed by atoms with Gasteiger partial charge in [-0.15, -0.1) is 0 Å². The number of likely N-dealkylation sites (tertiary alicyclic amines) is 1. The molecular weight excluding hydrogens is 597 g/mol. The molecule has 1 fully saturated rings. The van der Waals surface area contributed by atoms with Gasteiger partial charge in [0.15, 0.2) is 5.82 Å². The highest BCUT2D eigenvalue weighted by molar-refractivity contribution is 6.02. The Bertz CT molecular complexity index is 1570. The van der Waals surface area contributed by atoms with E-state index < -0.39 is 41.5 Å². The molecule has 0 bridgehead atoms. The minimum Gasteiger partial charge on any atom is -0.354 e. The highest BCUT2D eigenvalue weighted by atomic mass is 19.4. The summed E-state index contributed by atoms with van der Waals surface area (Å²) < 4.78 is 70.7. The standard InChI is InChI=1S/C31H34F5N7O2/c1-18(2)42(28(44)31(34,35)36)20-11-10-19(3)21(16-20)25-22-17-38-30(45)43(26-23(32)8-6-9-24(26)33)27(22)40-29(39-25)37-12-7-15-41-13-4-5-14-41/h6,8-11,16,18H,4-5,7,12-15,17H2,1-3H3,(H,38,45)(H,37,39,40). The number of aryl methyl sites for hydroxylation is 1. The van der Waals surface area contributed by atoms with Gasteiger partial charge in [0.2, 0.25) is 5.95 Å². The zero-order valence-corrected chi connectivity index (χ0v) is 25.1. The van der Waals surface area contributed by atoms with Crippen LogP contribution in [0.5, 0.6) is 0 Å². The topological polar surface area (TPSA) is 93.7 Å². The summed E-state index contributed by atoms with van der Waals surface area (Å²) in [4.78, 5) is 38.5. The summed E-state index contributed by atoms with van der Waals surface area (Å²) in [5.74, 6) is -4.01. The summed E-state index contributed by atoms with van der Waals surface area (Å²) in [6.45, 7) is 7.89. The molecule has 2 aliphatic heterocycles. The molecule has 1 aromatic heterocycles. The van der Waals surface area contributed by atoms with Crippen molar-refractivity contribution in [3.05, 3.63) is 59.2 Å². The summed E-state index contributed by atoms with van der Waals surface area (Å²) in [5.41, 5.74) is 0.829. The average molecular weight is 632 g/mol. The van der Waals surface area contributed by atoms with Crippen molar-refractivity contribution in [2.75, 3.05) is 41.3 Å². The number of alkyl halides is 3. The second-order valence-corrected chi connectivity index (χ2v) is 11.4. The number of fused-ring (bicyclic) bond motifs is 1. The second-order valence-electron chi connectivity index (χ2n) is 11.4. The summed E-state index contributed by atoms with van der Waals surface area (Å²) in [6, 6.07) is 5.96. The van der Waals surface area contributed by atoms with E-state index in [-0.39, 0.29) is 29.7 Å². The molecule has 240 valence electrons. The molecule has 0 atom stereocenters. The fourth-order valence-corrected chi connectivity index (χ4v) is 5.68. The number of aromatic nitrogens is 2. The number of nitrogens with zero attached hydrogens (tertiary/aromatic N) is 5. The van der Waals surface area contributed by atoms with E-state index in [1.165, 1.54) is 32.0 Å². The molecule has 3 amide bonds. The van der Waals surface area contributed by atoms with Crippen molar-refractivity contribution in [2.24, 2.45) is 0 Å². The molecule has 2 aromatic carbocycles. The van der Waals surface area contributed by atoms with Gasteiger partial charge in [-0.05, 0) is 89.5 Å². The molecule has 0 saturated carbocycles. The number of benzene rings is 2. The van der Waals surface area contributed by atoms with Crippen LogP contribution in [-0.4, -0.2) is 65.2 Å². The first kappa shape index (κ1) is 32.1. The lowest BCUT2D eigenvalue weighted by atomic mass is 9.98. The first-order chi connectivity index (χ1) is 21.4. The Balaban J connectivity index is 1.63. The maximum absolute atomic E-state index is 15.0. The predicted octanol–water partition coefficient (Wildman–Crippen LogP) is 6.29. The zero-order chi connectivity index (χ0) is 32.5. The molecule has 0 spiro atoms. The van der Waals surface area contributed by atoms with Crippen molar-refractivity contribution in [3.63, 3.8) is 0 Å². The van der Waals surface area contributed by atoms with Crippen LogP contribution in [0, 0.1) is 18.6 Å². The molecule has 9 nitrogen and oxygen atoms in total. The summed E-state index contributed by atoms with van der Waals surface area (Å²) >= 11 is 0. The van der Waals surface area contributed by atoms with Crippen molar-refractivity contribution in [1.29, 1.82) is 0 Å².